The molecule has 0 saturated carbocycles. The summed E-state index contributed by atoms with van der Waals surface area (Å²) in [6.07, 6.45) is -6.61. The molecular weight excluding hydrogens is 289 g/mol. The minimum atomic E-state index is -4.58. The lowest BCUT2D eigenvalue weighted by Crippen LogP contribution is -2.14. The van der Waals surface area contributed by atoms with E-state index in [4.69, 9.17) is 5.11 Å². The first-order valence-electron chi connectivity index (χ1n) is 5.92. The second-order valence-corrected chi connectivity index (χ2v) is 4.24. The molecule has 21 heavy (non-hydrogen) atoms. The Labute approximate surface area is 117 Å². The van der Waals surface area contributed by atoms with Crippen LogP contribution in [0.5, 0.6) is 0 Å². The van der Waals surface area contributed by atoms with Crippen molar-refractivity contribution in [3.05, 3.63) is 53.6 Å². The van der Waals surface area contributed by atoms with E-state index in [-0.39, 0.29) is 12.2 Å². The fraction of sp³-hybridized carbons (Fsp3) is 0.231. The average Bonchev–Trinajstić information content (AvgIpc) is 2.88. The summed E-state index contributed by atoms with van der Waals surface area (Å²) in [6.45, 7) is 0. The van der Waals surface area contributed by atoms with Crippen LogP contribution in [0, 0.1) is 0 Å². The Morgan fingerprint density at radius 3 is 2.52 bits per heavy atom. The number of nitrogens with zero attached hydrogens (tertiary/aromatic N) is 1. The number of carbonyl (C=O) groups is 1. The lowest BCUT2D eigenvalue weighted by atomic mass is 10.1. The Bertz CT molecular complexity index is 611. The summed E-state index contributed by atoms with van der Waals surface area (Å²) in [5.74, 6) is -0.187. The number of aromatic nitrogens is 2. The molecule has 1 aromatic heterocycles. The standard InChI is InChI=1S/C13H11F3N2O3/c14-13(15,16)10-7-17-11(18-10)9(21-12(19)20)6-8-4-2-1-3-5-8/h1-5,7,9H,6H2,(H,17,18)(H,19,20). The predicted molar refractivity (Wildman–Crippen MR) is 65.6 cm³/mol. The molecule has 0 amide bonds. The summed E-state index contributed by atoms with van der Waals surface area (Å²) in [6, 6.07) is 8.66. The summed E-state index contributed by atoms with van der Waals surface area (Å²) in [5.41, 5.74) is -0.335. The van der Waals surface area contributed by atoms with Crippen LogP contribution in [0.3, 0.4) is 0 Å². The number of alkyl halides is 3. The molecule has 0 bridgehead atoms. The molecule has 8 heteroatoms. The van der Waals surface area contributed by atoms with E-state index in [9.17, 15) is 18.0 Å². The van der Waals surface area contributed by atoms with Gasteiger partial charge in [-0.05, 0) is 5.56 Å². The van der Waals surface area contributed by atoms with E-state index in [1.165, 1.54) is 0 Å². The van der Waals surface area contributed by atoms with E-state index < -0.39 is 24.1 Å². The zero-order valence-corrected chi connectivity index (χ0v) is 10.6. The number of aromatic amines is 1. The van der Waals surface area contributed by atoms with Crippen LogP contribution < -0.4 is 0 Å². The number of nitrogens with one attached hydrogen (secondary N) is 1. The van der Waals surface area contributed by atoms with Crippen molar-refractivity contribution in [2.24, 2.45) is 0 Å². The van der Waals surface area contributed by atoms with E-state index >= 15 is 0 Å². The SMILES string of the molecule is O=C(O)OC(Cc1ccccc1)c1ncc(C(F)(F)F)[nH]1. The molecule has 0 aliphatic rings. The van der Waals surface area contributed by atoms with Crippen molar-refractivity contribution in [2.45, 2.75) is 18.7 Å². The molecule has 112 valence electrons. The molecule has 0 spiro atoms. The molecule has 2 aromatic rings. The van der Waals surface area contributed by atoms with Crippen LogP contribution in [0.15, 0.2) is 36.5 Å². The van der Waals surface area contributed by atoms with Gasteiger partial charge in [0.05, 0.1) is 6.20 Å². The van der Waals surface area contributed by atoms with E-state index in [1.54, 1.807) is 30.3 Å². The number of rotatable bonds is 4. The van der Waals surface area contributed by atoms with Crippen molar-refractivity contribution in [3.63, 3.8) is 0 Å². The second kappa shape index (κ2) is 5.86. The maximum atomic E-state index is 12.5. The summed E-state index contributed by atoms with van der Waals surface area (Å²) in [4.78, 5) is 16.3. The monoisotopic (exact) mass is 300 g/mol. The van der Waals surface area contributed by atoms with Crippen molar-refractivity contribution in [2.75, 3.05) is 0 Å². The molecule has 1 atom stereocenters. The maximum absolute atomic E-state index is 12.5. The molecule has 1 unspecified atom stereocenters. The van der Waals surface area contributed by atoms with Gasteiger partial charge < -0.3 is 14.8 Å². The zero-order chi connectivity index (χ0) is 15.5. The number of halogens is 3. The molecule has 0 radical (unpaired) electrons. The topological polar surface area (TPSA) is 75.2 Å². The average molecular weight is 300 g/mol. The maximum Gasteiger partial charge on any atom is 0.506 e. The molecule has 0 aliphatic heterocycles. The highest BCUT2D eigenvalue weighted by molar-refractivity contribution is 5.57. The zero-order valence-electron chi connectivity index (χ0n) is 10.6. The van der Waals surface area contributed by atoms with Crippen LogP contribution in [-0.4, -0.2) is 21.2 Å². The first kappa shape index (κ1) is 14.9. The fourth-order valence-corrected chi connectivity index (χ4v) is 1.79. The first-order chi connectivity index (χ1) is 9.86. The Morgan fingerprint density at radius 1 is 1.33 bits per heavy atom. The van der Waals surface area contributed by atoms with Gasteiger partial charge in [-0.1, -0.05) is 30.3 Å². The Hall–Kier alpha value is -2.51. The fourth-order valence-electron chi connectivity index (χ4n) is 1.79. The minimum absolute atomic E-state index is 0.0813. The lowest BCUT2D eigenvalue weighted by molar-refractivity contribution is -0.141. The second-order valence-electron chi connectivity index (χ2n) is 4.24. The highest BCUT2D eigenvalue weighted by Crippen LogP contribution is 2.29. The van der Waals surface area contributed by atoms with Gasteiger partial charge in [0.15, 0.2) is 6.10 Å². The number of carboxylic acid groups (broad SMARTS) is 1. The largest absolute Gasteiger partial charge is 0.506 e. The van der Waals surface area contributed by atoms with Crippen molar-refractivity contribution < 1.29 is 27.8 Å². The quantitative estimate of drug-likeness (QED) is 0.848. The molecule has 0 aliphatic carbocycles. The van der Waals surface area contributed by atoms with Gasteiger partial charge in [0.1, 0.15) is 11.5 Å². The number of ether oxygens (including phenoxy) is 1. The van der Waals surface area contributed by atoms with Crippen LogP contribution in [0.2, 0.25) is 0 Å². The van der Waals surface area contributed by atoms with Gasteiger partial charge >= 0.3 is 12.3 Å². The third kappa shape index (κ3) is 3.98. The minimum Gasteiger partial charge on any atom is -0.450 e. The first-order valence-corrected chi connectivity index (χ1v) is 5.92. The van der Waals surface area contributed by atoms with Gasteiger partial charge in [-0.25, -0.2) is 9.78 Å². The summed E-state index contributed by atoms with van der Waals surface area (Å²) in [7, 11) is 0. The number of benzene rings is 1. The predicted octanol–water partition coefficient (Wildman–Crippen LogP) is 3.41. The Morgan fingerprint density at radius 2 is 2.00 bits per heavy atom. The molecule has 1 heterocycles. The van der Waals surface area contributed by atoms with Crippen LogP contribution >= 0.6 is 0 Å². The van der Waals surface area contributed by atoms with Gasteiger partial charge in [0.2, 0.25) is 0 Å². The summed E-state index contributed by atoms with van der Waals surface area (Å²) < 4.78 is 42.2. The van der Waals surface area contributed by atoms with Crippen molar-refractivity contribution >= 4 is 6.16 Å². The van der Waals surface area contributed by atoms with Crippen LogP contribution in [0.4, 0.5) is 18.0 Å². The van der Waals surface area contributed by atoms with Gasteiger partial charge in [0, 0.05) is 6.42 Å². The number of hydrogen-bond donors (Lipinski definition) is 2. The number of hydrogen-bond acceptors (Lipinski definition) is 3. The number of H-pyrrole nitrogens is 1. The molecule has 5 nitrogen and oxygen atoms in total. The van der Waals surface area contributed by atoms with Crippen molar-refractivity contribution in [1.82, 2.24) is 9.97 Å². The molecule has 2 rings (SSSR count). The third-order valence-corrected chi connectivity index (χ3v) is 2.71. The lowest BCUT2D eigenvalue weighted by Gasteiger charge is -2.14. The Kier molecular flexibility index (Phi) is 4.15. The molecule has 1 aromatic carbocycles. The van der Waals surface area contributed by atoms with Crippen molar-refractivity contribution in [1.29, 1.82) is 0 Å². The highest BCUT2D eigenvalue weighted by atomic mass is 19.4. The van der Waals surface area contributed by atoms with Gasteiger partial charge in [0.25, 0.3) is 0 Å². The summed E-state index contributed by atoms with van der Waals surface area (Å²) in [5, 5.41) is 8.70. The van der Waals surface area contributed by atoms with Crippen molar-refractivity contribution in [3.8, 4) is 0 Å². The number of imidazole rings is 1. The van der Waals surface area contributed by atoms with E-state index in [2.05, 4.69) is 14.7 Å². The summed E-state index contributed by atoms with van der Waals surface area (Å²) >= 11 is 0. The smallest absolute Gasteiger partial charge is 0.450 e. The normalized spacial score (nSPS) is 12.9. The van der Waals surface area contributed by atoms with Gasteiger partial charge in [-0.3, -0.25) is 0 Å². The van der Waals surface area contributed by atoms with Gasteiger partial charge in [-0.2, -0.15) is 13.2 Å². The van der Waals surface area contributed by atoms with Crippen LogP contribution in [0.1, 0.15) is 23.2 Å². The Balaban J connectivity index is 2.23. The van der Waals surface area contributed by atoms with E-state index in [0.29, 0.717) is 11.8 Å². The molecular formula is C13H11F3N2O3. The van der Waals surface area contributed by atoms with Gasteiger partial charge in [-0.15, -0.1) is 0 Å². The molecule has 0 fully saturated rings. The third-order valence-electron chi connectivity index (χ3n) is 2.71. The highest BCUT2D eigenvalue weighted by Gasteiger charge is 2.34. The molecule has 0 saturated heterocycles. The van der Waals surface area contributed by atoms with E-state index in [1.807, 2.05) is 0 Å². The molecule has 2 N–H and O–H groups in total. The van der Waals surface area contributed by atoms with Crippen LogP contribution in [-0.2, 0) is 17.3 Å². The van der Waals surface area contributed by atoms with E-state index in [0.717, 1.165) is 0 Å². The van der Waals surface area contributed by atoms with Crippen LogP contribution in [0.25, 0.3) is 0 Å².